The molecule has 0 N–H and O–H groups in total. The van der Waals surface area contributed by atoms with Gasteiger partial charge < -0.3 is 14.2 Å². The highest BCUT2D eigenvalue weighted by Crippen LogP contribution is 2.21. The first-order valence-electron chi connectivity index (χ1n) is 5.87. The molecule has 0 heterocycles. The lowest BCUT2D eigenvalue weighted by Crippen LogP contribution is -2.19. The van der Waals surface area contributed by atoms with E-state index in [4.69, 9.17) is 4.74 Å². The fourth-order valence-corrected chi connectivity index (χ4v) is 1.13. The summed E-state index contributed by atoms with van der Waals surface area (Å²) in [5, 5.41) is 0. The third-order valence-electron chi connectivity index (χ3n) is 2.12. The molecule has 0 saturated heterocycles. The van der Waals surface area contributed by atoms with Gasteiger partial charge in [0.05, 0.1) is 5.92 Å². The number of carbonyl (C=O) groups is 2. The normalized spacial score (nSPS) is 10.2. The van der Waals surface area contributed by atoms with Crippen molar-refractivity contribution in [2.24, 2.45) is 5.92 Å². The average Bonchev–Trinajstić information content (AvgIpc) is 2.38. The predicted molar refractivity (Wildman–Crippen MR) is 64.1 cm³/mol. The van der Waals surface area contributed by atoms with Crippen molar-refractivity contribution in [1.29, 1.82) is 0 Å². The maximum atomic E-state index is 13.2. The van der Waals surface area contributed by atoms with Gasteiger partial charge in [0.1, 0.15) is 13.2 Å². The summed E-state index contributed by atoms with van der Waals surface area (Å²) in [7, 11) is 0. The van der Waals surface area contributed by atoms with E-state index in [2.05, 4.69) is 9.47 Å². The summed E-state index contributed by atoms with van der Waals surface area (Å²) in [6.45, 7) is 2.87. The molecule has 0 aliphatic carbocycles. The highest BCUT2D eigenvalue weighted by Gasteiger charge is 2.15. The third-order valence-corrected chi connectivity index (χ3v) is 2.12. The van der Waals surface area contributed by atoms with Gasteiger partial charge in [-0.05, 0) is 12.1 Å². The Labute approximate surface area is 114 Å². The molecule has 1 aromatic carbocycles. The average molecular weight is 288 g/mol. The van der Waals surface area contributed by atoms with Crippen molar-refractivity contribution in [2.75, 3.05) is 13.2 Å². The van der Waals surface area contributed by atoms with Gasteiger partial charge >= 0.3 is 12.1 Å². The maximum absolute atomic E-state index is 13.2. The lowest BCUT2D eigenvalue weighted by molar-refractivity contribution is -0.148. The summed E-state index contributed by atoms with van der Waals surface area (Å²) >= 11 is 0. The Bertz CT molecular complexity index is 467. The molecule has 1 aromatic rings. The molecule has 1 rings (SSSR count). The Hall–Kier alpha value is -2.18. The number of hydrogen-bond donors (Lipinski definition) is 0. The topological polar surface area (TPSA) is 61.8 Å². The largest absolute Gasteiger partial charge is 0.514 e. The standard InChI is InChI=1S/C13H14F2O5/c1-8(2)12(16)18-6-7-19-13(17)20-11-9(14)4-3-5-10(11)15/h3-5,8H,6-7H2,1-2H3. The summed E-state index contributed by atoms with van der Waals surface area (Å²) in [5.41, 5.74) is 0. The highest BCUT2D eigenvalue weighted by molar-refractivity contribution is 5.71. The summed E-state index contributed by atoms with van der Waals surface area (Å²) in [6, 6.07) is 3.01. The van der Waals surface area contributed by atoms with Crippen LogP contribution in [-0.2, 0) is 14.3 Å². The Balaban J connectivity index is 2.36. The fourth-order valence-electron chi connectivity index (χ4n) is 1.13. The minimum Gasteiger partial charge on any atom is -0.462 e. The zero-order valence-corrected chi connectivity index (χ0v) is 11.0. The zero-order chi connectivity index (χ0) is 15.1. The smallest absolute Gasteiger partial charge is 0.462 e. The molecule has 20 heavy (non-hydrogen) atoms. The Morgan fingerprint density at radius 1 is 1.10 bits per heavy atom. The highest BCUT2D eigenvalue weighted by atomic mass is 19.1. The van der Waals surface area contributed by atoms with E-state index in [1.54, 1.807) is 13.8 Å². The Morgan fingerprint density at radius 2 is 1.65 bits per heavy atom. The van der Waals surface area contributed by atoms with Crippen molar-refractivity contribution >= 4 is 12.1 Å². The molecule has 0 radical (unpaired) electrons. The minimum absolute atomic E-state index is 0.161. The van der Waals surface area contributed by atoms with Gasteiger partial charge in [0.15, 0.2) is 11.6 Å². The van der Waals surface area contributed by atoms with Crippen LogP contribution in [0, 0.1) is 17.6 Å². The molecule has 0 aliphatic heterocycles. The third kappa shape index (κ3) is 4.83. The van der Waals surface area contributed by atoms with E-state index in [1.165, 1.54) is 0 Å². The van der Waals surface area contributed by atoms with Crippen molar-refractivity contribution in [2.45, 2.75) is 13.8 Å². The maximum Gasteiger partial charge on any atom is 0.514 e. The molecule has 0 atom stereocenters. The first kappa shape index (κ1) is 15.9. The van der Waals surface area contributed by atoms with Crippen LogP contribution in [0.3, 0.4) is 0 Å². The molecule has 0 aliphatic rings. The van der Waals surface area contributed by atoms with E-state index in [0.717, 1.165) is 18.2 Å². The van der Waals surface area contributed by atoms with Crippen molar-refractivity contribution in [1.82, 2.24) is 0 Å². The molecule has 0 amide bonds. The lowest BCUT2D eigenvalue weighted by atomic mass is 10.2. The van der Waals surface area contributed by atoms with Gasteiger partial charge in [-0.3, -0.25) is 4.79 Å². The van der Waals surface area contributed by atoms with Crippen LogP contribution in [0.2, 0.25) is 0 Å². The van der Waals surface area contributed by atoms with Crippen molar-refractivity contribution in [3.8, 4) is 5.75 Å². The zero-order valence-electron chi connectivity index (χ0n) is 11.0. The second kappa shape index (κ2) is 7.42. The molecule has 0 unspecified atom stereocenters. The van der Waals surface area contributed by atoms with Gasteiger partial charge in [0.25, 0.3) is 0 Å². The fraction of sp³-hybridized carbons (Fsp3) is 0.385. The van der Waals surface area contributed by atoms with Gasteiger partial charge in [0, 0.05) is 0 Å². The molecule has 5 nitrogen and oxygen atoms in total. The van der Waals surface area contributed by atoms with Crippen LogP contribution in [0.25, 0.3) is 0 Å². The number of hydrogen-bond acceptors (Lipinski definition) is 5. The first-order valence-corrected chi connectivity index (χ1v) is 5.87. The van der Waals surface area contributed by atoms with E-state index in [-0.39, 0.29) is 19.1 Å². The van der Waals surface area contributed by atoms with E-state index >= 15 is 0 Å². The van der Waals surface area contributed by atoms with Crippen LogP contribution < -0.4 is 4.74 Å². The van der Waals surface area contributed by atoms with Gasteiger partial charge in [-0.15, -0.1) is 0 Å². The van der Waals surface area contributed by atoms with Crippen LogP contribution in [0.1, 0.15) is 13.8 Å². The van der Waals surface area contributed by atoms with E-state index in [0.29, 0.717) is 0 Å². The second-order valence-electron chi connectivity index (χ2n) is 4.07. The first-order chi connectivity index (χ1) is 9.41. The monoisotopic (exact) mass is 288 g/mol. The van der Waals surface area contributed by atoms with Gasteiger partial charge in [-0.25, -0.2) is 13.6 Å². The van der Waals surface area contributed by atoms with Gasteiger partial charge in [-0.1, -0.05) is 19.9 Å². The number of ether oxygens (including phenoxy) is 3. The second-order valence-corrected chi connectivity index (χ2v) is 4.07. The molecule has 7 heteroatoms. The van der Waals surface area contributed by atoms with Crippen molar-refractivity contribution < 1.29 is 32.6 Å². The molecule has 110 valence electrons. The molecular formula is C13H14F2O5. The number of para-hydroxylation sites is 1. The molecule has 0 fully saturated rings. The predicted octanol–water partition coefficient (Wildman–Crippen LogP) is 2.68. The summed E-state index contributed by atoms with van der Waals surface area (Å²) in [6.07, 6.45) is -1.28. The van der Waals surface area contributed by atoms with Crippen LogP contribution in [0.4, 0.5) is 13.6 Å². The van der Waals surface area contributed by atoms with Gasteiger partial charge in [-0.2, -0.15) is 0 Å². The van der Waals surface area contributed by atoms with Gasteiger partial charge in [0.2, 0.25) is 5.75 Å². The van der Waals surface area contributed by atoms with Crippen LogP contribution in [0.15, 0.2) is 18.2 Å². The molecule has 0 aromatic heterocycles. The number of benzene rings is 1. The van der Waals surface area contributed by atoms with E-state index in [9.17, 15) is 18.4 Å². The number of esters is 1. The van der Waals surface area contributed by atoms with E-state index < -0.39 is 29.5 Å². The summed E-state index contributed by atoms with van der Waals surface area (Å²) in [4.78, 5) is 22.3. The summed E-state index contributed by atoms with van der Waals surface area (Å²) < 4.78 is 39.9. The summed E-state index contributed by atoms with van der Waals surface area (Å²) in [5.74, 6) is -3.62. The van der Waals surface area contributed by atoms with Crippen molar-refractivity contribution in [3.63, 3.8) is 0 Å². The van der Waals surface area contributed by atoms with Crippen LogP contribution in [-0.4, -0.2) is 25.3 Å². The Morgan fingerprint density at radius 3 is 2.20 bits per heavy atom. The number of carbonyl (C=O) groups excluding carboxylic acids is 2. The molecular weight excluding hydrogens is 274 g/mol. The van der Waals surface area contributed by atoms with E-state index in [1.807, 2.05) is 0 Å². The lowest BCUT2D eigenvalue weighted by Gasteiger charge is -2.08. The quantitative estimate of drug-likeness (QED) is 0.473. The van der Waals surface area contributed by atoms with Crippen LogP contribution >= 0.6 is 0 Å². The molecule has 0 bridgehead atoms. The molecule has 0 saturated carbocycles. The number of rotatable bonds is 5. The number of halogens is 2. The molecule has 0 spiro atoms. The minimum atomic E-state index is -1.28. The SMILES string of the molecule is CC(C)C(=O)OCCOC(=O)Oc1c(F)cccc1F. The Kier molecular flexibility index (Phi) is 5.89. The van der Waals surface area contributed by atoms with Crippen molar-refractivity contribution in [3.05, 3.63) is 29.8 Å². The van der Waals surface area contributed by atoms with Crippen LogP contribution in [0.5, 0.6) is 5.75 Å².